The Bertz CT molecular complexity index is 3350. The van der Waals surface area contributed by atoms with Crippen molar-refractivity contribution in [1.29, 1.82) is 5.26 Å². The molecule has 0 fully saturated rings. The lowest BCUT2D eigenvalue weighted by Crippen LogP contribution is -2.16. The molecular weight excluding hydrogens is 853 g/mol. The molecule has 2 aliphatic carbocycles. The van der Waals surface area contributed by atoms with Crippen molar-refractivity contribution in [3.05, 3.63) is 256 Å². The molecule has 11 rings (SSSR count). The van der Waals surface area contributed by atoms with Crippen molar-refractivity contribution in [1.82, 2.24) is 9.97 Å². The van der Waals surface area contributed by atoms with Crippen molar-refractivity contribution in [2.45, 2.75) is 38.5 Å². The minimum atomic E-state index is -0.219. The topological polar surface area (TPSA) is 60.4 Å². The molecule has 0 saturated carbocycles. The number of pyridine rings is 2. The third-order valence-corrected chi connectivity index (χ3v) is 14.1. The van der Waals surface area contributed by atoms with Gasteiger partial charge in [0.25, 0.3) is 0 Å². The number of hydrogen-bond donors (Lipinski definition) is 0. The zero-order chi connectivity index (χ0) is 48.0. The summed E-state index contributed by atoms with van der Waals surface area (Å²) in [5, 5.41) is 9.45. The molecule has 6 nitrogen and oxygen atoms in total. The van der Waals surface area contributed by atoms with Gasteiger partial charge in [-0.25, -0.2) is 4.85 Å². The predicted molar refractivity (Wildman–Crippen MR) is 288 cm³/mol. The molecule has 0 radical (unpaired) electrons. The second-order valence-electron chi connectivity index (χ2n) is 19.0. The van der Waals surface area contributed by atoms with Crippen LogP contribution in [0.3, 0.4) is 0 Å². The number of anilines is 6. The summed E-state index contributed by atoms with van der Waals surface area (Å²) in [5.41, 5.74) is 21.6. The highest BCUT2D eigenvalue weighted by molar-refractivity contribution is 5.89. The summed E-state index contributed by atoms with van der Waals surface area (Å²) in [6, 6.07) is 61.6. The normalized spacial score (nSPS) is 13.5. The number of rotatable bonds is 10. The molecule has 0 amide bonds. The summed E-state index contributed by atoms with van der Waals surface area (Å²) in [4.78, 5) is 16.9. The van der Waals surface area contributed by atoms with E-state index in [-0.39, 0.29) is 10.8 Å². The number of fused-ring (bicyclic) bond motifs is 6. The fraction of sp³-hybridized carbons (Fsp3) is 0.0938. The molecule has 0 atom stereocenters. The van der Waals surface area contributed by atoms with Gasteiger partial charge in [-0.1, -0.05) is 137 Å². The third-order valence-electron chi connectivity index (χ3n) is 14.1. The minimum Gasteiger partial charge on any atom is -0.309 e. The largest absolute Gasteiger partial charge is 0.309 e. The number of nitriles is 1. The maximum absolute atomic E-state index is 9.45. The molecule has 2 aliphatic rings. The van der Waals surface area contributed by atoms with Crippen molar-refractivity contribution < 1.29 is 0 Å². The highest BCUT2D eigenvalue weighted by Gasteiger charge is 2.37. The van der Waals surface area contributed by atoms with Crippen LogP contribution in [0.4, 0.5) is 39.8 Å². The molecule has 7 aromatic carbocycles. The van der Waals surface area contributed by atoms with Crippen LogP contribution in [0.25, 0.3) is 51.4 Å². The van der Waals surface area contributed by atoms with Crippen molar-refractivity contribution in [2.24, 2.45) is 0 Å². The Kier molecular flexibility index (Phi) is 10.9. The molecule has 6 heteroatoms. The summed E-state index contributed by atoms with van der Waals surface area (Å²) < 4.78 is 0. The lowest BCUT2D eigenvalue weighted by molar-refractivity contribution is 0.660. The smallest absolute Gasteiger partial charge is 0.187 e. The Hall–Kier alpha value is -9.10. The lowest BCUT2D eigenvalue weighted by atomic mass is 9.81. The summed E-state index contributed by atoms with van der Waals surface area (Å²) in [7, 11) is 0. The van der Waals surface area contributed by atoms with E-state index >= 15 is 0 Å². The third kappa shape index (κ3) is 7.82. The van der Waals surface area contributed by atoms with Crippen molar-refractivity contribution in [2.75, 3.05) is 9.80 Å². The van der Waals surface area contributed by atoms with E-state index in [4.69, 9.17) is 6.57 Å². The van der Waals surface area contributed by atoms with E-state index in [2.05, 4.69) is 192 Å². The highest BCUT2D eigenvalue weighted by Crippen LogP contribution is 2.53. The van der Waals surface area contributed by atoms with Crippen LogP contribution in [0.15, 0.2) is 195 Å². The number of nitrogens with zero attached hydrogens (tertiary/aromatic N) is 6. The predicted octanol–water partition coefficient (Wildman–Crippen LogP) is 16.8. The minimum absolute atomic E-state index is 0.217. The van der Waals surface area contributed by atoms with Gasteiger partial charge in [0.05, 0.1) is 42.0 Å². The summed E-state index contributed by atoms with van der Waals surface area (Å²) in [6.45, 7) is 16.7. The average Bonchev–Trinajstić information content (AvgIpc) is 3.76. The van der Waals surface area contributed by atoms with Gasteiger partial charge >= 0.3 is 0 Å². The molecule has 0 saturated heterocycles. The van der Waals surface area contributed by atoms with Gasteiger partial charge in [0.2, 0.25) is 0 Å². The van der Waals surface area contributed by atoms with E-state index in [0.29, 0.717) is 11.3 Å². The standard InChI is InChI=1S/C64H48N6/c1-63(2)59-36-45(20-30-55(59)57-32-28-51(38-61(57)63)69(53-8-6-34-67-41-53)49-24-18-47(40-65)19-25-49)16-14-43-10-12-44(13-11-43)15-17-46-21-31-56-58-33-29-52(39-62(58)64(3,4)60(56)37-46)70(54-9-7-35-68-42-54)50-26-22-48(66-5)23-27-50/h6-39,41-42H,1-4H3. The van der Waals surface area contributed by atoms with E-state index < -0.39 is 0 Å². The van der Waals surface area contributed by atoms with Crippen LogP contribution in [-0.4, -0.2) is 9.97 Å². The number of hydrogen-bond acceptors (Lipinski definition) is 5. The van der Waals surface area contributed by atoms with Crippen molar-refractivity contribution in [3.63, 3.8) is 0 Å². The van der Waals surface area contributed by atoms with E-state index in [1.165, 1.54) is 44.5 Å². The first-order valence-corrected chi connectivity index (χ1v) is 23.5. The number of aromatic nitrogens is 2. The summed E-state index contributed by atoms with van der Waals surface area (Å²) in [6.07, 6.45) is 16.1. The molecule has 0 aliphatic heterocycles. The molecule has 0 N–H and O–H groups in total. The zero-order valence-electron chi connectivity index (χ0n) is 39.5. The van der Waals surface area contributed by atoms with E-state index in [1.807, 2.05) is 73.1 Å². The zero-order valence-corrected chi connectivity index (χ0v) is 39.5. The molecular formula is C64H48N6. The maximum Gasteiger partial charge on any atom is 0.187 e. The van der Waals surface area contributed by atoms with Crippen LogP contribution in [0.1, 0.15) is 77.8 Å². The molecule has 0 unspecified atom stereocenters. The Balaban J connectivity index is 0.796. The molecule has 334 valence electrons. The molecule has 70 heavy (non-hydrogen) atoms. The molecule has 0 spiro atoms. The van der Waals surface area contributed by atoms with Crippen LogP contribution in [0.2, 0.25) is 0 Å². The Morgan fingerprint density at radius 2 is 0.814 bits per heavy atom. The first kappa shape index (κ1) is 43.5. The Morgan fingerprint density at radius 3 is 1.21 bits per heavy atom. The first-order valence-electron chi connectivity index (χ1n) is 23.5. The molecule has 0 bridgehead atoms. The van der Waals surface area contributed by atoms with Gasteiger partial charge < -0.3 is 9.80 Å². The monoisotopic (exact) mass is 900 g/mol. The van der Waals surface area contributed by atoms with Gasteiger partial charge in [-0.05, 0) is 152 Å². The van der Waals surface area contributed by atoms with Crippen LogP contribution < -0.4 is 9.80 Å². The molecule has 2 aromatic heterocycles. The Labute approximate surface area is 410 Å². The second kappa shape index (κ2) is 17.5. The summed E-state index contributed by atoms with van der Waals surface area (Å²) in [5.74, 6) is 0. The molecule has 9 aromatic rings. The van der Waals surface area contributed by atoms with Gasteiger partial charge in [-0.2, -0.15) is 5.26 Å². The highest BCUT2D eigenvalue weighted by atomic mass is 15.2. The first-order chi connectivity index (χ1) is 34.1. The quantitative estimate of drug-likeness (QED) is 0.101. The van der Waals surface area contributed by atoms with Gasteiger partial charge in [-0.15, -0.1) is 0 Å². The van der Waals surface area contributed by atoms with Gasteiger partial charge in [0.15, 0.2) is 5.69 Å². The fourth-order valence-corrected chi connectivity index (χ4v) is 10.3. The van der Waals surface area contributed by atoms with E-state index in [1.54, 1.807) is 12.4 Å². The van der Waals surface area contributed by atoms with Crippen LogP contribution in [0, 0.1) is 17.9 Å². The van der Waals surface area contributed by atoms with E-state index in [0.717, 1.165) is 56.4 Å². The van der Waals surface area contributed by atoms with Crippen molar-refractivity contribution >= 4 is 64.1 Å². The summed E-state index contributed by atoms with van der Waals surface area (Å²) >= 11 is 0. The van der Waals surface area contributed by atoms with Gasteiger partial charge in [-0.3, -0.25) is 9.97 Å². The lowest BCUT2D eigenvalue weighted by Gasteiger charge is -2.28. The van der Waals surface area contributed by atoms with Gasteiger partial charge in [0.1, 0.15) is 0 Å². The second-order valence-corrected chi connectivity index (χ2v) is 19.0. The van der Waals surface area contributed by atoms with E-state index in [9.17, 15) is 5.26 Å². The van der Waals surface area contributed by atoms with Crippen LogP contribution >= 0.6 is 0 Å². The fourth-order valence-electron chi connectivity index (χ4n) is 10.3. The average molecular weight is 901 g/mol. The van der Waals surface area contributed by atoms with Crippen molar-refractivity contribution in [3.8, 4) is 28.3 Å². The van der Waals surface area contributed by atoms with Crippen LogP contribution in [0.5, 0.6) is 0 Å². The maximum atomic E-state index is 9.45. The SMILES string of the molecule is [C-]#[N+]c1ccc(N(c2cccnc2)c2ccc3c(c2)C(C)(C)c2cc(C=Cc4ccc(C=Cc5ccc6c(c5)C(C)(C)c5cc(N(c7ccc(C#N)cc7)c7cccnc7)ccc5-6)cc4)ccc2-3)cc1. The van der Waals surface area contributed by atoms with Gasteiger partial charge in [0, 0.05) is 46.0 Å². The number of benzene rings is 7. The Morgan fingerprint density at radius 1 is 0.443 bits per heavy atom. The van der Waals surface area contributed by atoms with Crippen LogP contribution in [-0.2, 0) is 10.8 Å². The molecule has 2 heterocycles.